The molecule has 186 valence electrons. The van der Waals surface area contributed by atoms with Crippen molar-refractivity contribution in [3.63, 3.8) is 0 Å². The lowest BCUT2D eigenvalue weighted by atomic mass is 10.0. The molecule has 0 fully saturated rings. The number of amides is 1. The second kappa shape index (κ2) is 23.2. The third-order valence-corrected chi connectivity index (χ3v) is 6.58. The van der Waals surface area contributed by atoms with Gasteiger partial charge in [0.05, 0.1) is 13.2 Å². The number of carbonyl (C=O) groups excluding carboxylic acids is 1. The Balaban J connectivity index is 3.28. The summed E-state index contributed by atoms with van der Waals surface area (Å²) < 4.78 is 21.0. The third-order valence-electron chi connectivity index (χ3n) is 5.24. The van der Waals surface area contributed by atoms with Crippen LogP contribution in [-0.4, -0.2) is 35.9 Å². The molecule has 1 amide bonds. The fraction of sp³-hybridized carbons (Fsp3) is 0.957. The monoisotopic (exact) mass is 527 g/mol. The Morgan fingerprint density at radius 1 is 0.774 bits per heavy atom. The Kier molecular flexibility index (Phi) is 23.3. The number of alkyl halides is 1. The van der Waals surface area contributed by atoms with E-state index in [4.69, 9.17) is 9.05 Å². The van der Waals surface area contributed by atoms with Crippen molar-refractivity contribution in [3.8, 4) is 0 Å². The minimum Gasteiger partial charge on any atom is -0.356 e. The van der Waals surface area contributed by atoms with Gasteiger partial charge in [0, 0.05) is 18.3 Å². The van der Waals surface area contributed by atoms with Gasteiger partial charge in [0.2, 0.25) is 5.91 Å². The summed E-state index contributed by atoms with van der Waals surface area (Å²) in [5.74, 6) is 0.0393. The molecule has 0 aromatic rings. The third kappa shape index (κ3) is 24.5. The first kappa shape index (κ1) is 31.1. The van der Waals surface area contributed by atoms with Gasteiger partial charge in [-0.2, -0.15) is 0 Å². The largest absolute Gasteiger partial charge is 0.472 e. The van der Waals surface area contributed by atoms with Crippen LogP contribution in [0.25, 0.3) is 0 Å². The Morgan fingerprint density at radius 2 is 1.23 bits per heavy atom. The lowest BCUT2D eigenvalue weighted by Crippen LogP contribution is -2.24. The summed E-state index contributed by atoms with van der Waals surface area (Å²) in [6.07, 6.45) is 20.7. The molecule has 1 unspecified atom stereocenters. The molecule has 1 atom stereocenters. The highest BCUT2D eigenvalue weighted by Crippen LogP contribution is 2.42. The average molecular weight is 529 g/mol. The van der Waals surface area contributed by atoms with Gasteiger partial charge in [-0.15, -0.1) is 0 Å². The van der Waals surface area contributed by atoms with Crippen LogP contribution in [0, 0.1) is 0 Å². The SMILES string of the molecule is CCCCCCCCCCCCCCCCCC(=O)NCCCOP(=O)(O)OCCBr. The number of phosphoric acid groups is 1. The van der Waals surface area contributed by atoms with Crippen molar-refractivity contribution in [1.29, 1.82) is 0 Å². The molecule has 0 heterocycles. The van der Waals surface area contributed by atoms with Gasteiger partial charge in [0.1, 0.15) is 0 Å². The molecule has 0 radical (unpaired) electrons. The van der Waals surface area contributed by atoms with Crippen molar-refractivity contribution in [2.24, 2.45) is 0 Å². The van der Waals surface area contributed by atoms with Gasteiger partial charge in [-0.25, -0.2) is 4.57 Å². The number of rotatable bonds is 24. The first-order valence-electron chi connectivity index (χ1n) is 12.5. The van der Waals surface area contributed by atoms with Crippen molar-refractivity contribution < 1.29 is 23.3 Å². The smallest absolute Gasteiger partial charge is 0.356 e. The molecular weight excluding hydrogens is 481 g/mol. The summed E-state index contributed by atoms with van der Waals surface area (Å²) in [4.78, 5) is 21.2. The number of nitrogens with one attached hydrogen (secondary N) is 1. The van der Waals surface area contributed by atoms with E-state index in [1.54, 1.807) is 0 Å². The minimum atomic E-state index is -3.96. The highest BCUT2D eigenvalue weighted by atomic mass is 79.9. The predicted octanol–water partition coefficient (Wildman–Crippen LogP) is 7.28. The minimum absolute atomic E-state index is 0.0393. The number of hydrogen-bond acceptors (Lipinski definition) is 4. The van der Waals surface area contributed by atoms with Crippen LogP contribution in [0.2, 0.25) is 0 Å². The zero-order valence-corrected chi connectivity index (χ0v) is 22.2. The molecule has 6 nitrogen and oxygen atoms in total. The van der Waals surface area contributed by atoms with E-state index in [2.05, 4.69) is 28.2 Å². The van der Waals surface area contributed by atoms with E-state index >= 15 is 0 Å². The van der Waals surface area contributed by atoms with Crippen molar-refractivity contribution in [2.45, 2.75) is 116 Å². The number of phosphoric ester groups is 1. The topological polar surface area (TPSA) is 84.9 Å². The number of unbranched alkanes of at least 4 members (excludes halogenated alkanes) is 14. The molecular formula is C23H47BrNO5P. The molecule has 0 aliphatic carbocycles. The molecule has 0 saturated carbocycles. The quantitative estimate of drug-likeness (QED) is 0.0781. The van der Waals surface area contributed by atoms with Crippen molar-refractivity contribution in [1.82, 2.24) is 5.32 Å². The summed E-state index contributed by atoms with van der Waals surface area (Å²) in [5, 5.41) is 3.29. The summed E-state index contributed by atoms with van der Waals surface area (Å²) in [5.41, 5.74) is 0. The van der Waals surface area contributed by atoms with Gasteiger partial charge in [-0.05, 0) is 12.8 Å². The molecule has 0 saturated heterocycles. The number of hydrogen-bond donors (Lipinski definition) is 2. The molecule has 0 spiro atoms. The van der Waals surface area contributed by atoms with Crippen molar-refractivity contribution in [2.75, 3.05) is 25.1 Å². The Hall–Kier alpha value is 0.0600. The standard InChI is InChI=1S/C23H47BrNO5P/c1-2-3-4-5-6-7-8-9-10-11-12-13-14-15-16-18-23(26)25-20-17-21-29-31(27,28)30-22-19-24/h2-22H2,1H3,(H,25,26)(H,27,28). The number of halogens is 1. The van der Waals surface area contributed by atoms with Crippen LogP contribution in [-0.2, 0) is 18.4 Å². The fourth-order valence-electron chi connectivity index (χ4n) is 3.41. The van der Waals surface area contributed by atoms with E-state index in [1.807, 2.05) is 0 Å². The Labute approximate surface area is 199 Å². The maximum atomic E-state index is 11.8. The molecule has 8 heteroatoms. The second-order valence-corrected chi connectivity index (χ2v) is 10.5. The Bertz CT molecular complexity index is 454. The molecule has 0 aliphatic heterocycles. The maximum absolute atomic E-state index is 11.8. The molecule has 0 aromatic carbocycles. The molecule has 0 aromatic heterocycles. The second-order valence-electron chi connectivity index (χ2n) is 8.23. The first-order valence-corrected chi connectivity index (χ1v) is 15.1. The first-order chi connectivity index (χ1) is 15.0. The van der Waals surface area contributed by atoms with Crippen molar-refractivity contribution in [3.05, 3.63) is 0 Å². The van der Waals surface area contributed by atoms with Crippen LogP contribution in [0.3, 0.4) is 0 Å². The van der Waals surface area contributed by atoms with E-state index < -0.39 is 7.82 Å². The molecule has 0 rings (SSSR count). The van der Waals surface area contributed by atoms with E-state index in [0.29, 0.717) is 24.7 Å². The van der Waals surface area contributed by atoms with Gasteiger partial charge in [0.15, 0.2) is 0 Å². The summed E-state index contributed by atoms with van der Waals surface area (Å²) >= 11 is 3.11. The molecule has 31 heavy (non-hydrogen) atoms. The fourth-order valence-corrected chi connectivity index (χ4v) is 4.58. The van der Waals surface area contributed by atoms with Gasteiger partial charge in [-0.1, -0.05) is 113 Å². The lowest BCUT2D eigenvalue weighted by Gasteiger charge is -2.11. The summed E-state index contributed by atoms with van der Waals surface area (Å²) in [7, 11) is -3.96. The van der Waals surface area contributed by atoms with Gasteiger partial charge < -0.3 is 10.2 Å². The predicted molar refractivity (Wildman–Crippen MR) is 133 cm³/mol. The van der Waals surface area contributed by atoms with E-state index in [1.165, 1.54) is 83.5 Å². The zero-order chi connectivity index (χ0) is 23.0. The maximum Gasteiger partial charge on any atom is 0.472 e. The van der Waals surface area contributed by atoms with E-state index in [0.717, 1.165) is 12.8 Å². The van der Waals surface area contributed by atoms with Crippen LogP contribution >= 0.6 is 23.8 Å². The van der Waals surface area contributed by atoms with Gasteiger partial charge in [-0.3, -0.25) is 13.8 Å². The Morgan fingerprint density at radius 3 is 1.71 bits per heavy atom. The van der Waals surface area contributed by atoms with Crippen molar-refractivity contribution >= 4 is 29.7 Å². The molecule has 2 N–H and O–H groups in total. The highest BCUT2D eigenvalue weighted by molar-refractivity contribution is 9.09. The van der Waals surface area contributed by atoms with Crippen LogP contribution in [0.5, 0.6) is 0 Å². The lowest BCUT2D eigenvalue weighted by molar-refractivity contribution is -0.121. The molecule has 0 aliphatic rings. The zero-order valence-electron chi connectivity index (χ0n) is 19.8. The van der Waals surface area contributed by atoms with Crippen LogP contribution < -0.4 is 5.32 Å². The summed E-state index contributed by atoms with van der Waals surface area (Å²) in [6, 6.07) is 0. The summed E-state index contributed by atoms with van der Waals surface area (Å²) in [6.45, 7) is 2.90. The van der Waals surface area contributed by atoms with E-state index in [-0.39, 0.29) is 19.1 Å². The number of carbonyl (C=O) groups is 1. The van der Waals surface area contributed by atoms with Crippen LogP contribution in [0.1, 0.15) is 116 Å². The highest BCUT2D eigenvalue weighted by Gasteiger charge is 2.19. The van der Waals surface area contributed by atoms with Gasteiger partial charge in [0.25, 0.3) is 0 Å². The van der Waals surface area contributed by atoms with E-state index in [9.17, 15) is 14.3 Å². The van der Waals surface area contributed by atoms with Gasteiger partial charge >= 0.3 is 7.82 Å². The normalized spacial score (nSPS) is 13.3. The van der Waals surface area contributed by atoms with Crippen LogP contribution in [0.15, 0.2) is 0 Å². The average Bonchev–Trinajstić information content (AvgIpc) is 2.74. The van der Waals surface area contributed by atoms with Crippen LogP contribution in [0.4, 0.5) is 0 Å². The molecule has 0 bridgehead atoms.